The maximum Gasteiger partial charge on any atom is 0.257 e. The molecule has 0 bridgehead atoms. The summed E-state index contributed by atoms with van der Waals surface area (Å²) in [5.41, 5.74) is 3.08. The topological polar surface area (TPSA) is 43.8 Å². The van der Waals surface area contributed by atoms with E-state index in [1.165, 1.54) is 31.4 Å². The summed E-state index contributed by atoms with van der Waals surface area (Å²) >= 11 is 0. The number of rotatable bonds is 5. The van der Waals surface area contributed by atoms with Gasteiger partial charge in [0.1, 0.15) is 5.75 Å². The Morgan fingerprint density at radius 1 is 1.07 bits per heavy atom. The number of phenols is 1. The Balaban J connectivity index is 1.34. The molecular weight excluding hydrogens is 360 g/mol. The minimum atomic E-state index is -0.0238. The SMILES string of the molecule is Cc1ccc(O)c(C(=O)N2CCC3(CCCN(CCCc4ccccc4)C3)C2)c1. The second kappa shape index (κ2) is 8.58. The molecule has 2 heterocycles. The zero-order valence-corrected chi connectivity index (χ0v) is 17.4. The molecule has 2 aromatic rings. The molecule has 4 rings (SSSR count). The van der Waals surface area contributed by atoms with Crippen LogP contribution >= 0.6 is 0 Å². The smallest absolute Gasteiger partial charge is 0.257 e. The predicted octanol–water partition coefficient (Wildman–Crippen LogP) is 4.26. The third-order valence-electron chi connectivity index (χ3n) is 6.63. The van der Waals surface area contributed by atoms with E-state index in [2.05, 4.69) is 35.2 Å². The molecule has 2 aliphatic rings. The highest BCUT2D eigenvalue weighted by Crippen LogP contribution is 2.40. The van der Waals surface area contributed by atoms with Gasteiger partial charge >= 0.3 is 0 Å². The summed E-state index contributed by atoms with van der Waals surface area (Å²) in [5.74, 6) is 0.0667. The van der Waals surface area contributed by atoms with Gasteiger partial charge in [-0.05, 0) is 69.8 Å². The Morgan fingerprint density at radius 2 is 1.90 bits per heavy atom. The van der Waals surface area contributed by atoms with Gasteiger partial charge in [-0.2, -0.15) is 0 Å². The minimum absolute atomic E-state index is 0.0238. The van der Waals surface area contributed by atoms with Crippen LogP contribution in [-0.4, -0.2) is 53.5 Å². The Labute approximate surface area is 174 Å². The van der Waals surface area contributed by atoms with Crippen molar-refractivity contribution in [2.75, 3.05) is 32.7 Å². The fourth-order valence-corrected chi connectivity index (χ4v) is 5.09. The highest BCUT2D eigenvalue weighted by atomic mass is 16.3. The van der Waals surface area contributed by atoms with Crippen molar-refractivity contribution in [1.82, 2.24) is 9.80 Å². The number of aromatic hydroxyl groups is 1. The van der Waals surface area contributed by atoms with E-state index in [0.29, 0.717) is 5.56 Å². The fourth-order valence-electron chi connectivity index (χ4n) is 5.09. The Bertz CT molecular complexity index is 851. The van der Waals surface area contributed by atoms with Crippen molar-refractivity contribution in [3.05, 3.63) is 65.2 Å². The van der Waals surface area contributed by atoms with Gasteiger partial charge in [-0.1, -0.05) is 42.0 Å². The second-order valence-corrected chi connectivity index (χ2v) is 8.97. The van der Waals surface area contributed by atoms with Crippen molar-refractivity contribution in [2.24, 2.45) is 5.41 Å². The van der Waals surface area contributed by atoms with E-state index in [1.54, 1.807) is 12.1 Å². The molecule has 4 heteroatoms. The normalized spacial score (nSPS) is 22.3. The van der Waals surface area contributed by atoms with Crippen LogP contribution in [-0.2, 0) is 6.42 Å². The molecule has 0 aliphatic carbocycles. The highest BCUT2D eigenvalue weighted by Gasteiger charge is 2.43. The van der Waals surface area contributed by atoms with E-state index in [-0.39, 0.29) is 17.1 Å². The second-order valence-electron chi connectivity index (χ2n) is 8.97. The van der Waals surface area contributed by atoms with E-state index < -0.39 is 0 Å². The van der Waals surface area contributed by atoms with Crippen molar-refractivity contribution < 1.29 is 9.90 Å². The van der Waals surface area contributed by atoms with Gasteiger partial charge in [0.15, 0.2) is 0 Å². The van der Waals surface area contributed by atoms with E-state index >= 15 is 0 Å². The molecule has 0 aromatic heterocycles. The first kappa shape index (κ1) is 20.0. The van der Waals surface area contributed by atoms with Crippen LogP contribution in [0.15, 0.2) is 48.5 Å². The molecule has 1 atom stereocenters. The van der Waals surface area contributed by atoms with Crippen LogP contribution in [0.25, 0.3) is 0 Å². The number of nitrogens with zero attached hydrogens (tertiary/aromatic N) is 2. The lowest BCUT2D eigenvalue weighted by molar-refractivity contribution is 0.0686. The molecule has 29 heavy (non-hydrogen) atoms. The Morgan fingerprint density at radius 3 is 2.72 bits per heavy atom. The highest BCUT2D eigenvalue weighted by molar-refractivity contribution is 5.97. The number of phenolic OH excluding ortho intramolecular Hbond substituents is 1. The maximum atomic E-state index is 13.0. The quantitative estimate of drug-likeness (QED) is 0.827. The number of hydrogen-bond acceptors (Lipinski definition) is 3. The maximum absolute atomic E-state index is 13.0. The summed E-state index contributed by atoms with van der Waals surface area (Å²) in [4.78, 5) is 17.6. The summed E-state index contributed by atoms with van der Waals surface area (Å²) in [6, 6.07) is 16.0. The zero-order valence-electron chi connectivity index (χ0n) is 17.4. The lowest BCUT2D eigenvalue weighted by Crippen LogP contribution is -2.45. The van der Waals surface area contributed by atoms with E-state index in [1.807, 2.05) is 17.9 Å². The van der Waals surface area contributed by atoms with E-state index in [0.717, 1.165) is 44.6 Å². The van der Waals surface area contributed by atoms with Crippen LogP contribution in [0.2, 0.25) is 0 Å². The van der Waals surface area contributed by atoms with Gasteiger partial charge in [0, 0.05) is 25.0 Å². The lowest BCUT2D eigenvalue weighted by atomic mass is 9.79. The number of amides is 1. The van der Waals surface area contributed by atoms with Crippen molar-refractivity contribution in [2.45, 2.75) is 39.0 Å². The molecule has 1 amide bonds. The summed E-state index contributed by atoms with van der Waals surface area (Å²) in [6.07, 6.45) is 5.79. The van der Waals surface area contributed by atoms with Crippen LogP contribution in [0.1, 0.15) is 47.2 Å². The summed E-state index contributed by atoms with van der Waals surface area (Å²) in [5, 5.41) is 10.1. The molecule has 1 N–H and O–H groups in total. The third-order valence-corrected chi connectivity index (χ3v) is 6.63. The van der Waals surface area contributed by atoms with Crippen molar-refractivity contribution in [3.63, 3.8) is 0 Å². The summed E-state index contributed by atoms with van der Waals surface area (Å²) in [6.45, 7) is 6.95. The van der Waals surface area contributed by atoms with Gasteiger partial charge < -0.3 is 14.9 Å². The third kappa shape index (κ3) is 4.64. The number of carbonyl (C=O) groups excluding carboxylic acids is 1. The van der Waals surface area contributed by atoms with E-state index in [4.69, 9.17) is 0 Å². The molecule has 2 fully saturated rings. The van der Waals surface area contributed by atoms with Gasteiger partial charge in [-0.3, -0.25) is 4.79 Å². The first-order chi connectivity index (χ1) is 14.0. The van der Waals surface area contributed by atoms with Crippen LogP contribution in [0.3, 0.4) is 0 Å². The molecule has 154 valence electrons. The van der Waals surface area contributed by atoms with Crippen molar-refractivity contribution in [3.8, 4) is 5.75 Å². The van der Waals surface area contributed by atoms with E-state index in [9.17, 15) is 9.90 Å². The average molecular weight is 393 g/mol. The molecule has 2 saturated heterocycles. The molecule has 1 unspecified atom stereocenters. The van der Waals surface area contributed by atoms with Gasteiger partial charge in [0.05, 0.1) is 5.56 Å². The van der Waals surface area contributed by atoms with Crippen molar-refractivity contribution >= 4 is 5.91 Å². The van der Waals surface area contributed by atoms with Gasteiger partial charge in [-0.15, -0.1) is 0 Å². The molecule has 4 nitrogen and oxygen atoms in total. The molecule has 1 spiro atoms. The standard InChI is InChI=1S/C25H32N2O2/c1-20-10-11-23(28)22(17-20)24(29)27-16-13-25(19-27)12-6-15-26(18-25)14-5-9-21-7-3-2-4-8-21/h2-4,7-8,10-11,17,28H,5-6,9,12-16,18-19H2,1H3. The zero-order chi connectivity index (χ0) is 20.3. The van der Waals surface area contributed by atoms with Gasteiger partial charge in [-0.25, -0.2) is 0 Å². The number of likely N-dealkylation sites (tertiary alicyclic amines) is 2. The number of carbonyl (C=O) groups is 1. The summed E-state index contributed by atoms with van der Waals surface area (Å²) in [7, 11) is 0. The monoisotopic (exact) mass is 392 g/mol. The van der Waals surface area contributed by atoms with Crippen LogP contribution in [0, 0.1) is 12.3 Å². The minimum Gasteiger partial charge on any atom is -0.507 e. The van der Waals surface area contributed by atoms with Crippen LogP contribution in [0.4, 0.5) is 0 Å². The van der Waals surface area contributed by atoms with Crippen LogP contribution in [0.5, 0.6) is 5.75 Å². The van der Waals surface area contributed by atoms with Crippen LogP contribution < -0.4 is 0 Å². The molecule has 2 aliphatic heterocycles. The first-order valence-corrected chi connectivity index (χ1v) is 10.9. The summed E-state index contributed by atoms with van der Waals surface area (Å²) < 4.78 is 0. The number of benzene rings is 2. The largest absolute Gasteiger partial charge is 0.507 e. The van der Waals surface area contributed by atoms with Gasteiger partial charge in [0.2, 0.25) is 0 Å². The van der Waals surface area contributed by atoms with Gasteiger partial charge in [0.25, 0.3) is 5.91 Å². The molecular formula is C25H32N2O2. The fraction of sp³-hybridized carbons (Fsp3) is 0.480. The first-order valence-electron chi connectivity index (χ1n) is 10.9. The Hall–Kier alpha value is -2.33. The number of aryl methyl sites for hydroxylation is 2. The predicted molar refractivity (Wildman–Crippen MR) is 116 cm³/mol. The molecule has 2 aromatic carbocycles. The Kier molecular flexibility index (Phi) is 5.91. The molecule has 0 radical (unpaired) electrons. The molecule has 0 saturated carbocycles. The lowest BCUT2D eigenvalue weighted by Gasteiger charge is -2.40. The van der Waals surface area contributed by atoms with Crippen molar-refractivity contribution in [1.29, 1.82) is 0 Å². The average Bonchev–Trinajstić information content (AvgIpc) is 3.13. The number of hydrogen-bond donors (Lipinski definition) is 1. The number of piperidine rings is 1.